The van der Waals surface area contributed by atoms with Crippen molar-refractivity contribution in [1.82, 2.24) is 10.2 Å². The minimum absolute atomic E-state index is 0.00765. The van der Waals surface area contributed by atoms with E-state index in [0.717, 1.165) is 18.4 Å². The van der Waals surface area contributed by atoms with E-state index in [9.17, 15) is 26.0 Å². The van der Waals surface area contributed by atoms with Crippen molar-refractivity contribution < 1.29 is 26.0 Å². The zero-order valence-electron chi connectivity index (χ0n) is 13.3. The van der Waals surface area contributed by atoms with Crippen molar-refractivity contribution in [2.24, 2.45) is 0 Å². The Kier molecular flexibility index (Phi) is 4.35. The van der Waals surface area contributed by atoms with E-state index >= 15 is 0 Å². The summed E-state index contributed by atoms with van der Waals surface area (Å²) < 4.78 is 76.6. The van der Waals surface area contributed by atoms with E-state index in [4.69, 9.17) is 0 Å². The summed E-state index contributed by atoms with van der Waals surface area (Å²) in [7, 11) is -3.45. The van der Waals surface area contributed by atoms with Crippen LogP contribution in [-0.2, 0) is 16.0 Å². The number of nitrogens with one attached hydrogen (secondary N) is 1. The number of aromatic amines is 1. The predicted molar refractivity (Wildman–Crippen MR) is 87.5 cm³/mol. The first-order valence-electron chi connectivity index (χ1n) is 7.29. The summed E-state index contributed by atoms with van der Waals surface area (Å²) in [5.74, 6) is -0.685. The zero-order valence-corrected chi connectivity index (χ0v) is 14.1. The highest BCUT2D eigenvalue weighted by molar-refractivity contribution is 7.90. The summed E-state index contributed by atoms with van der Waals surface area (Å²) in [4.78, 5) is 0.0279. The summed E-state index contributed by atoms with van der Waals surface area (Å²) in [5.41, 5.74) is -1.19. The lowest BCUT2D eigenvalue weighted by atomic mass is 9.98. The molecule has 0 fully saturated rings. The maximum absolute atomic E-state index is 13.5. The average molecular weight is 384 g/mol. The Bertz CT molecular complexity index is 1060. The molecule has 3 aromatic rings. The second-order valence-corrected chi connectivity index (χ2v) is 7.64. The molecule has 1 heterocycles. The fourth-order valence-corrected chi connectivity index (χ4v) is 3.17. The fourth-order valence-electron chi connectivity index (χ4n) is 2.54. The Morgan fingerprint density at radius 1 is 1.00 bits per heavy atom. The number of halogens is 4. The minimum Gasteiger partial charge on any atom is -0.272 e. The van der Waals surface area contributed by atoms with Crippen LogP contribution in [0.5, 0.6) is 0 Å². The second-order valence-electron chi connectivity index (χ2n) is 5.63. The lowest BCUT2D eigenvalue weighted by Gasteiger charge is -2.09. The van der Waals surface area contributed by atoms with Crippen molar-refractivity contribution >= 4 is 9.84 Å². The maximum atomic E-state index is 13.5. The minimum atomic E-state index is -4.72. The molecule has 0 unspecified atom stereocenters. The Hall–Kier alpha value is -2.68. The van der Waals surface area contributed by atoms with Crippen LogP contribution in [0.3, 0.4) is 0 Å². The van der Waals surface area contributed by atoms with Gasteiger partial charge in [-0.1, -0.05) is 24.3 Å². The molecule has 1 aromatic heterocycles. The molecular weight excluding hydrogens is 372 g/mol. The molecular formula is C17H12F4N2O2S. The molecule has 0 aliphatic heterocycles. The van der Waals surface area contributed by atoms with Crippen LogP contribution in [-0.4, -0.2) is 24.9 Å². The lowest BCUT2D eigenvalue weighted by molar-refractivity contribution is -0.140. The number of benzene rings is 2. The third-order valence-electron chi connectivity index (χ3n) is 3.72. The van der Waals surface area contributed by atoms with Crippen LogP contribution in [0.2, 0.25) is 0 Å². The van der Waals surface area contributed by atoms with Gasteiger partial charge in [0, 0.05) is 17.4 Å². The average Bonchev–Trinajstić information content (AvgIpc) is 2.99. The third kappa shape index (κ3) is 3.48. The highest BCUT2D eigenvalue weighted by Gasteiger charge is 2.38. The summed E-state index contributed by atoms with van der Waals surface area (Å²) in [5, 5.41) is 5.69. The SMILES string of the molecule is CS(=O)(=O)c1ccc(-c2n[nH]c(C(F)(F)F)c2-c2cccc(F)c2)cc1. The van der Waals surface area contributed by atoms with Gasteiger partial charge in [-0.15, -0.1) is 0 Å². The molecule has 3 rings (SSSR count). The molecule has 0 amide bonds. The molecule has 9 heteroatoms. The van der Waals surface area contributed by atoms with Crippen LogP contribution in [0.15, 0.2) is 53.4 Å². The van der Waals surface area contributed by atoms with E-state index in [-0.39, 0.29) is 27.3 Å². The summed E-state index contributed by atoms with van der Waals surface area (Å²) in [6.07, 6.45) is -3.70. The number of hydrogen-bond donors (Lipinski definition) is 1. The van der Waals surface area contributed by atoms with Crippen LogP contribution >= 0.6 is 0 Å². The van der Waals surface area contributed by atoms with E-state index in [0.29, 0.717) is 0 Å². The van der Waals surface area contributed by atoms with E-state index in [1.54, 1.807) is 0 Å². The van der Waals surface area contributed by atoms with Gasteiger partial charge in [-0.2, -0.15) is 18.3 Å². The smallest absolute Gasteiger partial charge is 0.272 e. The number of H-pyrrole nitrogens is 1. The Balaban J connectivity index is 2.21. The van der Waals surface area contributed by atoms with Gasteiger partial charge in [0.1, 0.15) is 17.2 Å². The van der Waals surface area contributed by atoms with Crippen LogP contribution in [0.25, 0.3) is 22.4 Å². The lowest BCUT2D eigenvalue weighted by Crippen LogP contribution is -2.07. The first kappa shape index (κ1) is 18.1. The number of aromatic nitrogens is 2. The summed E-state index contributed by atoms with van der Waals surface area (Å²) in [6.45, 7) is 0. The molecule has 0 aliphatic rings. The quantitative estimate of drug-likeness (QED) is 0.685. The number of hydrogen-bond acceptors (Lipinski definition) is 3. The van der Waals surface area contributed by atoms with Gasteiger partial charge in [0.05, 0.1) is 4.90 Å². The van der Waals surface area contributed by atoms with Crippen LogP contribution in [0.1, 0.15) is 5.69 Å². The van der Waals surface area contributed by atoms with E-state index in [1.165, 1.54) is 36.4 Å². The van der Waals surface area contributed by atoms with Gasteiger partial charge in [0.15, 0.2) is 9.84 Å². The third-order valence-corrected chi connectivity index (χ3v) is 4.85. The molecule has 0 radical (unpaired) electrons. The largest absolute Gasteiger partial charge is 0.433 e. The topological polar surface area (TPSA) is 62.8 Å². The van der Waals surface area contributed by atoms with Crippen molar-refractivity contribution in [3.63, 3.8) is 0 Å². The molecule has 4 nitrogen and oxygen atoms in total. The summed E-state index contributed by atoms with van der Waals surface area (Å²) in [6, 6.07) is 10.0. The number of rotatable bonds is 3. The molecule has 0 saturated heterocycles. The number of alkyl halides is 3. The highest BCUT2D eigenvalue weighted by atomic mass is 32.2. The molecule has 26 heavy (non-hydrogen) atoms. The van der Waals surface area contributed by atoms with Crippen molar-refractivity contribution in [2.45, 2.75) is 11.1 Å². The highest BCUT2D eigenvalue weighted by Crippen LogP contribution is 2.41. The molecule has 1 N–H and O–H groups in total. The van der Waals surface area contributed by atoms with Gasteiger partial charge >= 0.3 is 6.18 Å². The van der Waals surface area contributed by atoms with Gasteiger partial charge in [0.25, 0.3) is 0 Å². The van der Waals surface area contributed by atoms with Gasteiger partial charge < -0.3 is 0 Å². The zero-order chi connectivity index (χ0) is 19.1. The molecule has 0 saturated carbocycles. The number of sulfone groups is 1. The molecule has 0 bridgehead atoms. The van der Waals surface area contributed by atoms with Crippen LogP contribution in [0, 0.1) is 5.82 Å². The Morgan fingerprint density at radius 3 is 2.19 bits per heavy atom. The monoisotopic (exact) mass is 384 g/mol. The van der Waals surface area contributed by atoms with Gasteiger partial charge in [-0.3, -0.25) is 5.10 Å². The van der Waals surface area contributed by atoms with E-state index < -0.39 is 27.5 Å². The molecule has 0 spiro atoms. The maximum Gasteiger partial charge on any atom is 0.433 e. The van der Waals surface area contributed by atoms with E-state index in [2.05, 4.69) is 5.10 Å². The Morgan fingerprint density at radius 2 is 1.65 bits per heavy atom. The number of nitrogens with zero attached hydrogens (tertiary/aromatic N) is 1. The van der Waals surface area contributed by atoms with Gasteiger partial charge in [0.2, 0.25) is 0 Å². The first-order chi connectivity index (χ1) is 12.1. The first-order valence-corrected chi connectivity index (χ1v) is 9.18. The molecule has 2 aromatic carbocycles. The van der Waals surface area contributed by atoms with Crippen molar-refractivity contribution in [2.75, 3.05) is 6.26 Å². The fraction of sp³-hybridized carbons (Fsp3) is 0.118. The van der Waals surface area contributed by atoms with E-state index in [1.807, 2.05) is 5.10 Å². The van der Waals surface area contributed by atoms with Crippen LogP contribution in [0.4, 0.5) is 17.6 Å². The normalized spacial score (nSPS) is 12.3. The molecule has 136 valence electrons. The van der Waals surface area contributed by atoms with Crippen LogP contribution < -0.4 is 0 Å². The van der Waals surface area contributed by atoms with Crippen molar-refractivity contribution in [3.05, 3.63) is 60.0 Å². The van der Waals surface area contributed by atoms with Crippen molar-refractivity contribution in [1.29, 1.82) is 0 Å². The van der Waals surface area contributed by atoms with Gasteiger partial charge in [-0.25, -0.2) is 12.8 Å². The predicted octanol–water partition coefficient (Wildman–Crippen LogP) is 4.31. The second kappa shape index (κ2) is 6.24. The molecule has 0 aliphatic carbocycles. The van der Waals surface area contributed by atoms with Crippen molar-refractivity contribution in [3.8, 4) is 22.4 Å². The molecule has 0 atom stereocenters. The van der Waals surface area contributed by atoms with Gasteiger partial charge in [-0.05, 0) is 29.8 Å². The summed E-state index contributed by atoms with van der Waals surface area (Å²) >= 11 is 0. The Labute approximate surface area is 146 Å². The standard InChI is InChI=1S/C17H12F4N2O2S/c1-26(24,25)13-7-5-10(6-8-13)15-14(11-3-2-4-12(18)9-11)16(23-22-15)17(19,20)21/h2-9H,1H3,(H,22,23).